The molecule has 2 N–H and O–H groups in total. The fourth-order valence-corrected chi connectivity index (χ4v) is 2.64. The SMILES string of the molecule is Nc1cc(CN2Cc3ccccc3C2)ccc1[N+](=O)[O-]. The fraction of sp³-hybridized carbons (Fsp3) is 0.200. The first-order chi connectivity index (χ1) is 9.63. The number of nitrogens with two attached hydrogens (primary N) is 1. The molecule has 1 aliphatic rings. The van der Waals surface area contributed by atoms with Gasteiger partial charge in [-0.25, -0.2) is 0 Å². The van der Waals surface area contributed by atoms with Gasteiger partial charge >= 0.3 is 0 Å². The zero-order chi connectivity index (χ0) is 14.1. The van der Waals surface area contributed by atoms with E-state index in [1.54, 1.807) is 12.1 Å². The van der Waals surface area contributed by atoms with Crippen LogP contribution >= 0.6 is 0 Å². The van der Waals surface area contributed by atoms with Crippen molar-refractivity contribution in [3.8, 4) is 0 Å². The Morgan fingerprint density at radius 2 is 1.80 bits per heavy atom. The van der Waals surface area contributed by atoms with Crippen molar-refractivity contribution >= 4 is 11.4 Å². The van der Waals surface area contributed by atoms with Gasteiger partial charge in [-0.2, -0.15) is 0 Å². The summed E-state index contributed by atoms with van der Waals surface area (Å²) < 4.78 is 0. The third-order valence-corrected chi connectivity index (χ3v) is 3.60. The average Bonchev–Trinajstić information content (AvgIpc) is 2.80. The molecule has 5 nitrogen and oxygen atoms in total. The third-order valence-electron chi connectivity index (χ3n) is 3.60. The van der Waals surface area contributed by atoms with Crippen molar-refractivity contribution in [3.63, 3.8) is 0 Å². The molecule has 0 fully saturated rings. The van der Waals surface area contributed by atoms with Crippen molar-refractivity contribution in [2.24, 2.45) is 0 Å². The first-order valence-electron chi connectivity index (χ1n) is 6.45. The van der Waals surface area contributed by atoms with Crippen molar-refractivity contribution in [1.29, 1.82) is 0 Å². The second-order valence-corrected chi connectivity index (χ2v) is 5.06. The van der Waals surface area contributed by atoms with Crippen LogP contribution in [0.15, 0.2) is 42.5 Å². The van der Waals surface area contributed by atoms with Gasteiger partial charge in [-0.05, 0) is 22.8 Å². The minimum absolute atomic E-state index is 0.0292. The molecule has 0 unspecified atom stereocenters. The van der Waals surface area contributed by atoms with Gasteiger partial charge in [0.25, 0.3) is 5.69 Å². The Bertz CT molecular complexity index is 645. The molecule has 0 saturated carbocycles. The van der Waals surface area contributed by atoms with Gasteiger partial charge in [-0.3, -0.25) is 15.0 Å². The van der Waals surface area contributed by atoms with Crippen LogP contribution < -0.4 is 5.73 Å². The molecule has 0 radical (unpaired) electrons. The molecule has 0 saturated heterocycles. The van der Waals surface area contributed by atoms with E-state index in [-0.39, 0.29) is 11.4 Å². The number of hydrogen-bond acceptors (Lipinski definition) is 4. The largest absolute Gasteiger partial charge is 0.393 e. The third kappa shape index (κ3) is 2.35. The number of fused-ring (bicyclic) bond motifs is 1. The topological polar surface area (TPSA) is 72.4 Å². The molecule has 0 atom stereocenters. The number of nitro groups is 1. The molecule has 0 aliphatic carbocycles. The van der Waals surface area contributed by atoms with E-state index in [4.69, 9.17) is 5.73 Å². The standard InChI is InChI=1S/C15H15N3O2/c16-14-7-11(5-6-15(14)18(19)20)8-17-9-12-3-1-2-4-13(12)10-17/h1-7H,8-10,16H2. The fourth-order valence-electron chi connectivity index (χ4n) is 2.64. The van der Waals surface area contributed by atoms with Gasteiger partial charge in [0.2, 0.25) is 0 Å². The zero-order valence-electron chi connectivity index (χ0n) is 11.0. The quantitative estimate of drug-likeness (QED) is 0.528. The minimum Gasteiger partial charge on any atom is -0.393 e. The van der Waals surface area contributed by atoms with Crippen molar-refractivity contribution < 1.29 is 4.92 Å². The van der Waals surface area contributed by atoms with Gasteiger partial charge in [0.1, 0.15) is 5.69 Å². The van der Waals surface area contributed by atoms with E-state index < -0.39 is 4.92 Å². The maximum absolute atomic E-state index is 10.7. The van der Waals surface area contributed by atoms with Gasteiger partial charge in [-0.15, -0.1) is 0 Å². The number of benzene rings is 2. The van der Waals surface area contributed by atoms with Crippen molar-refractivity contribution in [2.75, 3.05) is 5.73 Å². The van der Waals surface area contributed by atoms with E-state index in [1.165, 1.54) is 17.2 Å². The first-order valence-corrected chi connectivity index (χ1v) is 6.45. The molecule has 1 aliphatic heterocycles. The summed E-state index contributed by atoms with van der Waals surface area (Å²) >= 11 is 0. The van der Waals surface area contributed by atoms with Crippen LogP contribution in [0.25, 0.3) is 0 Å². The van der Waals surface area contributed by atoms with Crippen LogP contribution in [0.1, 0.15) is 16.7 Å². The molecule has 5 heteroatoms. The highest BCUT2D eigenvalue weighted by atomic mass is 16.6. The van der Waals surface area contributed by atoms with Gasteiger partial charge in [0.15, 0.2) is 0 Å². The number of rotatable bonds is 3. The predicted octanol–water partition coefficient (Wildman–Crippen LogP) is 2.69. The second-order valence-electron chi connectivity index (χ2n) is 5.06. The van der Waals surface area contributed by atoms with Gasteiger partial charge in [-0.1, -0.05) is 30.3 Å². The zero-order valence-corrected chi connectivity index (χ0v) is 11.0. The van der Waals surface area contributed by atoms with Crippen molar-refractivity contribution in [1.82, 2.24) is 4.90 Å². The van der Waals surface area contributed by atoms with Crippen LogP contribution in [0.4, 0.5) is 11.4 Å². The maximum atomic E-state index is 10.7. The highest BCUT2D eigenvalue weighted by molar-refractivity contribution is 5.59. The summed E-state index contributed by atoms with van der Waals surface area (Å²) in [5.41, 5.74) is 9.62. The van der Waals surface area contributed by atoms with Crippen LogP contribution in [-0.4, -0.2) is 9.82 Å². The van der Waals surface area contributed by atoms with E-state index >= 15 is 0 Å². The average molecular weight is 269 g/mol. The number of nitro benzene ring substituents is 1. The Hall–Kier alpha value is -2.40. The molecular formula is C15H15N3O2. The maximum Gasteiger partial charge on any atom is 0.292 e. The summed E-state index contributed by atoms with van der Waals surface area (Å²) in [6.07, 6.45) is 0. The molecule has 20 heavy (non-hydrogen) atoms. The van der Waals surface area contributed by atoms with Gasteiger partial charge < -0.3 is 5.73 Å². The highest BCUT2D eigenvalue weighted by Crippen LogP contribution is 2.26. The van der Waals surface area contributed by atoms with Gasteiger partial charge in [0.05, 0.1) is 4.92 Å². The normalized spacial score (nSPS) is 14.2. The summed E-state index contributed by atoms with van der Waals surface area (Å²) in [5, 5.41) is 10.7. The monoisotopic (exact) mass is 269 g/mol. The molecular weight excluding hydrogens is 254 g/mol. The van der Waals surface area contributed by atoms with E-state index in [1.807, 2.05) is 12.1 Å². The molecule has 2 aromatic carbocycles. The molecule has 0 aromatic heterocycles. The molecule has 0 spiro atoms. The molecule has 102 valence electrons. The number of nitrogens with zero attached hydrogens (tertiary/aromatic N) is 2. The Kier molecular flexibility index (Phi) is 3.12. The molecule has 1 heterocycles. The smallest absolute Gasteiger partial charge is 0.292 e. The lowest BCUT2D eigenvalue weighted by molar-refractivity contribution is -0.383. The van der Waals surface area contributed by atoms with E-state index in [0.717, 1.165) is 25.2 Å². The summed E-state index contributed by atoms with van der Waals surface area (Å²) in [6.45, 7) is 2.57. The lowest BCUT2D eigenvalue weighted by Gasteiger charge is -2.15. The molecule has 0 amide bonds. The van der Waals surface area contributed by atoms with Crippen LogP contribution in [0.2, 0.25) is 0 Å². The lowest BCUT2D eigenvalue weighted by atomic mass is 10.1. The van der Waals surface area contributed by atoms with Crippen LogP contribution in [0.3, 0.4) is 0 Å². The summed E-state index contributed by atoms with van der Waals surface area (Å²) in [7, 11) is 0. The number of hydrogen-bond donors (Lipinski definition) is 1. The van der Waals surface area contributed by atoms with Gasteiger partial charge in [0, 0.05) is 25.7 Å². The van der Waals surface area contributed by atoms with Crippen molar-refractivity contribution in [2.45, 2.75) is 19.6 Å². The highest BCUT2D eigenvalue weighted by Gasteiger charge is 2.19. The summed E-state index contributed by atoms with van der Waals surface area (Å²) in [6, 6.07) is 13.3. The number of nitrogen functional groups attached to an aromatic ring is 1. The predicted molar refractivity (Wildman–Crippen MR) is 76.9 cm³/mol. The molecule has 3 rings (SSSR count). The van der Waals surface area contributed by atoms with E-state index in [9.17, 15) is 10.1 Å². The Morgan fingerprint density at radius 3 is 2.35 bits per heavy atom. The summed E-state index contributed by atoms with van der Waals surface area (Å²) in [4.78, 5) is 12.6. The lowest BCUT2D eigenvalue weighted by Crippen LogP contribution is -2.15. The number of anilines is 1. The van der Waals surface area contributed by atoms with E-state index in [0.29, 0.717) is 0 Å². The van der Waals surface area contributed by atoms with Crippen molar-refractivity contribution in [3.05, 3.63) is 69.3 Å². The first kappa shape index (κ1) is 12.6. The van der Waals surface area contributed by atoms with E-state index in [2.05, 4.69) is 17.0 Å². The second kappa shape index (κ2) is 4.94. The van der Waals surface area contributed by atoms with Crippen LogP contribution in [-0.2, 0) is 19.6 Å². The van der Waals surface area contributed by atoms with Crippen LogP contribution in [0, 0.1) is 10.1 Å². The van der Waals surface area contributed by atoms with Crippen LogP contribution in [0.5, 0.6) is 0 Å². The molecule has 0 bridgehead atoms. The Balaban J connectivity index is 1.74. The minimum atomic E-state index is -0.454. The Labute approximate surface area is 116 Å². The summed E-state index contributed by atoms with van der Waals surface area (Å²) in [5.74, 6) is 0. The Morgan fingerprint density at radius 1 is 1.15 bits per heavy atom. The molecule has 2 aromatic rings.